The SMILES string of the molecule is O=Cc1c2n(c3ccccc13)CC1(C2)CN(S(=O)(=O)c2ccccc2)c2ccccc21. The average Bonchev–Trinajstić information content (AvgIpc) is 3.43. The number of benzene rings is 3. The average molecular weight is 429 g/mol. The molecule has 1 spiro atoms. The Kier molecular flexibility index (Phi) is 3.74. The van der Waals surface area contributed by atoms with Crippen LogP contribution in [0.4, 0.5) is 5.69 Å². The molecule has 4 aromatic rings. The predicted molar refractivity (Wildman–Crippen MR) is 120 cm³/mol. The normalized spacial score (nSPS) is 19.7. The van der Waals surface area contributed by atoms with E-state index in [9.17, 15) is 13.2 Å². The van der Waals surface area contributed by atoms with Crippen LogP contribution in [0.1, 0.15) is 21.6 Å². The van der Waals surface area contributed by atoms with Crippen LogP contribution in [0.25, 0.3) is 10.9 Å². The molecule has 3 aromatic carbocycles. The smallest absolute Gasteiger partial charge is 0.264 e. The van der Waals surface area contributed by atoms with Crippen LogP contribution >= 0.6 is 0 Å². The van der Waals surface area contributed by atoms with Crippen molar-refractivity contribution in [2.75, 3.05) is 10.8 Å². The molecule has 2 aliphatic rings. The van der Waals surface area contributed by atoms with Crippen LogP contribution in [0.15, 0.2) is 83.8 Å². The van der Waals surface area contributed by atoms with Crippen molar-refractivity contribution in [1.82, 2.24) is 4.57 Å². The topological polar surface area (TPSA) is 59.4 Å². The molecule has 6 heteroatoms. The Morgan fingerprint density at radius 2 is 1.55 bits per heavy atom. The van der Waals surface area contributed by atoms with Crippen molar-refractivity contribution in [2.45, 2.75) is 23.3 Å². The summed E-state index contributed by atoms with van der Waals surface area (Å²) in [4.78, 5) is 12.3. The summed E-state index contributed by atoms with van der Waals surface area (Å²) in [6.45, 7) is 1.01. The maximum absolute atomic E-state index is 13.5. The van der Waals surface area contributed by atoms with E-state index < -0.39 is 15.4 Å². The molecule has 0 fully saturated rings. The highest BCUT2D eigenvalue weighted by Crippen LogP contribution is 2.50. The van der Waals surface area contributed by atoms with E-state index in [1.165, 1.54) is 0 Å². The number of nitrogens with zero attached hydrogens (tertiary/aromatic N) is 2. The molecule has 0 aliphatic carbocycles. The van der Waals surface area contributed by atoms with Crippen molar-refractivity contribution >= 4 is 32.9 Å². The van der Waals surface area contributed by atoms with Crippen LogP contribution < -0.4 is 4.31 Å². The molecule has 154 valence electrons. The predicted octanol–water partition coefficient (Wildman–Crippen LogP) is 4.16. The number of carbonyl (C=O) groups is 1. The second kappa shape index (κ2) is 6.31. The third kappa shape index (κ3) is 2.42. The molecule has 0 saturated heterocycles. The summed E-state index contributed by atoms with van der Waals surface area (Å²) in [5.41, 5.74) is 4.10. The summed E-state index contributed by atoms with van der Waals surface area (Å²) in [7, 11) is -3.69. The van der Waals surface area contributed by atoms with Gasteiger partial charge in [-0.05, 0) is 29.8 Å². The quantitative estimate of drug-likeness (QED) is 0.461. The first kappa shape index (κ1) is 18.4. The van der Waals surface area contributed by atoms with Crippen LogP contribution in [-0.2, 0) is 28.4 Å². The Balaban J connectivity index is 1.51. The molecule has 0 radical (unpaired) electrons. The van der Waals surface area contributed by atoms with Crippen LogP contribution in [0.5, 0.6) is 0 Å². The highest BCUT2D eigenvalue weighted by molar-refractivity contribution is 7.92. The number of aromatic nitrogens is 1. The number of aldehydes is 1. The highest BCUT2D eigenvalue weighted by Gasteiger charge is 2.51. The number of rotatable bonds is 3. The van der Waals surface area contributed by atoms with Crippen molar-refractivity contribution in [3.8, 4) is 0 Å². The Morgan fingerprint density at radius 1 is 0.839 bits per heavy atom. The summed E-state index contributed by atoms with van der Waals surface area (Å²) >= 11 is 0. The fraction of sp³-hybridized carbons (Fsp3) is 0.160. The van der Waals surface area contributed by atoms with Gasteiger partial charge in [0.2, 0.25) is 0 Å². The molecule has 31 heavy (non-hydrogen) atoms. The fourth-order valence-corrected chi connectivity index (χ4v) is 6.96. The summed E-state index contributed by atoms with van der Waals surface area (Å²) < 4.78 is 30.8. The summed E-state index contributed by atoms with van der Waals surface area (Å²) in [6, 6.07) is 24.3. The number of sulfonamides is 1. The summed E-state index contributed by atoms with van der Waals surface area (Å²) in [6.07, 6.45) is 1.57. The number of hydrogen-bond acceptors (Lipinski definition) is 3. The van der Waals surface area contributed by atoms with Gasteiger partial charge in [-0.3, -0.25) is 9.10 Å². The van der Waals surface area contributed by atoms with Gasteiger partial charge in [-0.2, -0.15) is 0 Å². The molecule has 0 bridgehead atoms. The molecule has 3 heterocycles. The molecular formula is C25H20N2O3S. The van der Waals surface area contributed by atoms with Gasteiger partial charge in [0, 0.05) is 47.1 Å². The lowest BCUT2D eigenvalue weighted by Crippen LogP contribution is -2.38. The van der Waals surface area contributed by atoms with E-state index in [0.29, 0.717) is 30.0 Å². The van der Waals surface area contributed by atoms with Gasteiger partial charge in [-0.15, -0.1) is 0 Å². The second-order valence-corrected chi connectivity index (χ2v) is 10.2. The molecule has 5 nitrogen and oxygen atoms in total. The monoisotopic (exact) mass is 428 g/mol. The summed E-state index contributed by atoms with van der Waals surface area (Å²) in [5, 5.41) is 0.961. The van der Waals surface area contributed by atoms with Gasteiger partial charge in [-0.1, -0.05) is 54.6 Å². The largest absolute Gasteiger partial charge is 0.343 e. The zero-order valence-corrected chi connectivity index (χ0v) is 17.5. The van der Waals surface area contributed by atoms with E-state index in [-0.39, 0.29) is 0 Å². The third-order valence-corrected chi connectivity index (χ3v) is 8.50. The maximum atomic E-state index is 13.5. The minimum Gasteiger partial charge on any atom is -0.343 e. The lowest BCUT2D eigenvalue weighted by atomic mass is 9.80. The molecule has 1 atom stereocenters. The van der Waals surface area contributed by atoms with Gasteiger partial charge in [0.25, 0.3) is 10.0 Å². The fourth-order valence-electron chi connectivity index (χ4n) is 5.37. The number of hydrogen-bond donors (Lipinski definition) is 0. The van der Waals surface area contributed by atoms with E-state index in [4.69, 9.17) is 0 Å². The molecule has 1 aromatic heterocycles. The number of carbonyl (C=O) groups excluding carboxylic acids is 1. The Bertz CT molecular complexity index is 1460. The molecule has 0 N–H and O–H groups in total. The minimum absolute atomic E-state index is 0.290. The molecule has 0 saturated carbocycles. The van der Waals surface area contributed by atoms with Crippen molar-refractivity contribution in [2.24, 2.45) is 0 Å². The molecule has 2 aliphatic heterocycles. The van der Waals surface area contributed by atoms with Gasteiger partial charge >= 0.3 is 0 Å². The lowest BCUT2D eigenvalue weighted by Gasteiger charge is -2.25. The van der Waals surface area contributed by atoms with Crippen LogP contribution in [-0.4, -0.2) is 25.8 Å². The van der Waals surface area contributed by atoms with Crippen molar-refractivity contribution in [3.05, 3.63) is 95.7 Å². The maximum Gasteiger partial charge on any atom is 0.264 e. The molecular weight excluding hydrogens is 408 g/mol. The van der Waals surface area contributed by atoms with E-state index in [0.717, 1.165) is 34.1 Å². The minimum atomic E-state index is -3.69. The summed E-state index contributed by atoms with van der Waals surface area (Å²) in [5.74, 6) is 0. The number of para-hydroxylation sites is 2. The standard InChI is InChI=1S/C25H20N2O3S/c28-15-20-19-10-4-6-12-22(19)26-16-25(14-24(20)26)17-27(23-13-7-5-11-21(23)25)31(29,30)18-8-2-1-3-9-18/h1-13,15H,14,16-17H2. The second-order valence-electron chi connectivity index (χ2n) is 8.38. The third-order valence-electron chi connectivity index (χ3n) is 6.73. The number of fused-ring (bicyclic) bond motifs is 5. The molecule has 1 unspecified atom stereocenters. The zero-order valence-electron chi connectivity index (χ0n) is 16.7. The van der Waals surface area contributed by atoms with E-state index in [1.54, 1.807) is 28.6 Å². The van der Waals surface area contributed by atoms with Crippen LogP contribution in [0, 0.1) is 0 Å². The van der Waals surface area contributed by atoms with Gasteiger partial charge in [-0.25, -0.2) is 8.42 Å². The Hall–Kier alpha value is -3.38. The molecule has 6 rings (SSSR count). The van der Waals surface area contributed by atoms with Gasteiger partial charge in [0.05, 0.1) is 10.6 Å². The van der Waals surface area contributed by atoms with Gasteiger partial charge in [0.1, 0.15) is 0 Å². The first-order valence-electron chi connectivity index (χ1n) is 10.3. The highest BCUT2D eigenvalue weighted by atomic mass is 32.2. The zero-order chi connectivity index (χ0) is 21.2. The first-order chi connectivity index (χ1) is 15.0. The van der Waals surface area contributed by atoms with E-state index in [2.05, 4.69) is 4.57 Å². The van der Waals surface area contributed by atoms with E-state index in [1.807, 2.05) is 54.6 Å². The van der Waals surface area contributed by atoms with Crippen LogP contribution in [0.2, 0.25) is 0 Å². The Morgan fingerprint density at radius 3 is 2.35 bits per heavy atom. The first-order valence-corrected chi connectivity index (χ1v) is 11.7. The number of anilines is 1. The lowest BCUT2D eigenvalue weighted by molar-refractivity contribution is 0.112. The van der Waals surface area contributed by atoms with Crippen LogP contribution in [0.3, 0.4) is 0 Å². The van der Waals surface area contributed by atoms with Gasteiger partial charge < -0.3 is 4.57 Å². The van der Waals surface area contributed by atoms with Crippen molar-refractivity contribution in [1.29, 1.82) is 0 Å². The Labute approximate surface area is 180 Å². The van der Waals surface area contributed by atoms with Crippen molar-refractivity contribution < 1.29 is 13.2 Å². The van der Waals surface area contributed by atoms with Gasteiger partial charge in [0.15, 0.2) is 6.29 Å². The van der Waals surface area contributed by atoms with E-state index >= 15 is 0 Å². The van der Waals surface area contributed by atoms with Crippen molar-refractivity contribution in [3.63, 3.8) is 0 Å². The molecule has 0 amide bonds.